The molecule has 4 nitrogen and oxygen atoms in total. The van der Waals surface area contributed by atoms with E-state index in [1.165, 1.54) is 0 Å². The molecule has 112 valence electrons. The van der Waals surface area contributed by atoms with Crippen LogP contribution < -0.4 is 0 Å². The van der Waals surface area contributed by atoms with Crippen LogP contribution in [-0.2, 0) is 19.7 Å². The minimum atomic E-state index is -1.75. The first-order chi connectivity index (χ1) is 10.0. The van der Waals surface area contributed by atoms with E-state index in [4.69, 9.17) is 4.74 Å². The van der Waals surface area contributed by atoms with Crippen LogP contribution in [0.25, 0.3) is 0 Å². The van der Waals surface area contributed by atoms with Crippen molar-refractivity contribution < 1.29 is 19.4 Å². The lowest BCUT2D eigenvalue weighted by Gasteiger charge is -2.28. The van der Waals surface area contributed by atoms with Gasteiger partial charge >= 0.3 is 11.9 Å². The van der Waals surface area contributed by atoms with Crippen LogP contribution in [0.1, 0.15) is 32.3 Å². The highest BCUT2D eigenvalue weighted by atomic mass is 79.9. The number of carbonyl (C=O) groups excluding carboxylic acids is 1. The van der Waals surface area contributed by atoms with Crippen molar-refractivity contribution >= 4 is 27.9 Å². The molecule has 0 fully saturated rings. The number of carboxylic acid groups (broad SMARTS) is 1. The summed E-state index contributed by atoms with van der Waals surface area (Å²) >= 11 is 3.32. The number of benzene rings is 1. The minimum Gasteiger partial charge on any atom is -0.480 e. The quantitative estimate of drug-likeness (QED) is 0.485. The summed E-state index contributed by atoms with van der Waals surface area (Å²) in [5, 5.41) is 9.73. The summed E-state index contributed by atoms with van der Waals surface area (Å²) in [6.07, 6.45) is 0.355. The molecule has 21 heavy (non-hydrogen) atoms. The number of hydrogen-bond acceptors (Lipinski definition) is 3. The molecule has 0 bridgehead atoms. The van der Waals surface area contributed by atoms with Gasteiger partial charge in [-0.3, -0.25) is 9.59 Å². The summed E-state index contributed by atoms with van der Waals surface area (Å²) in [7, 11) is 0. The van der Waals surface area contributed by atoms with E-state index in [0.717, 1.165) is 0 Å². The molecule has 1 aromatic rings. The maximum atomic E-state index is 12.4. The molecule has 0 aliphatic carbocycles. The number of carbonyl (C=O) groups is 2. The lowest BCUT2D eigenvalue weighted by molar-refractivity contribution is -0.162. The second-order valence-electron chi connectivity index (χ2n) is 4.34. The summed E-state index contributed by atoms with van der Waals surface area (Å²) in [5.74, 6) is 3.53. The van der Waals surface area contributed by atoms with Crippen molar-refractivity contribution in [2.45, 2.75) is 32.1 Å². The topological polar surface area (TPSA) is 63.6 Å². The van der Waals surface area contributed by atoms with E-state index in [2.05, 4.69) is 27.8 Å². The van der Waals surface area contributed by atoms with Gasteiger partial charge in [0.15, 0.2) is 5.41 Å². The third kappa shape index (κ3) is 3.64. The molecule has 0 amide bonds. The maximum absolute atomic E-state index is 12.4. The first kappa shape index (κ1) is 17.3. The summed E-state index contributed by atoms with van der Waals surface area (Å²) in [6, 6.07) is 6.78. The average Bonchev–Trinajstić information content (AvgIpc) is 2.44. The number of ether oxygens (including phenoxy) is 1. The van der Waals surface area contributed by atoms with Crippen LogP contribution >= 0.6 is 15.9 Å². The summed E-state index contributed by atoms with van der Waals surface area (Å²) < 4.78 is 5.58. The van der Waals surface area contributed by atoms with Gasteiger partial charge in [0.2, 0.25) is 0 Å². The van der Waals surface area contributed by atoms with E-state index in [1.54, 1.807) is 38.1 Å². The fourth-order valence-corrected chi connectivity index (χ4v) is 2.72. The number of rotatable bonds is 6. The van der Waals surface area contributed by atoms with Crippen molar-refractivity contribution in [1.82, 2.24) is 0 Å². The standard InChI is InChI=1S/C16H17BrO4/c1-3-5-8-11-16(14(18)19,15(20)21-4-2)12-9-6-7-10-13(12)17/h6-7,9-10H,4,8,11H2,1-2H3,(H,18,19). The van der Waals surface area contributed by atoms with Gasteiger partial charge in [-0.25, -0.2) is 0 Å². The molecular formula is C16H17BrO4. The Bertz CT molecular complexity index is 585. The van der Waals surface area contributed by atoms with E-state index < -0.39 is 17.4 Å². The van der Waals surface area contributed by atoms with Gasteiger partial charge < -0.3 is 9.84 Å². The van der Waals surface area contributed by atoms with E-state index in [-0.39, 0.29) is 13.0 Å². The Morgan fingerprint density at radius 3 is 2.57 bits per heavy atom. The fraction of sp³-hybridized carbons (Fsp3) is 0.375. The minimum absolute atomic E-state index is 0.0601. The van der Waals surface area contributed by atoms with E-state index in [0.29, 0.717) is 16.5 Å². The predicted molar refractivity (Wildman–Crippen MR) is 82.8 cm³/mol. The predicted octanol–water partition coefficient (Wildman–Crippen LogP) is 3.14. The molecule has 0 aromatic heterocycles. The molecule has 0 aliphatic heterocycles. The van der Waals surface area contributed by atoms with Gasteiger partial charge in [0.05, 0.1) is 6.61 Å². The fourth-order valence-electron chi connectivity index (χ4n) is 2.09. The highest BCUT2D eigenvalue weighted by Gasteiger charge is 2.49. The van der Waals surface area contributed by atoms with E-state index in [9.17, 15) is 14.7 Å². The zero-order valence-electron chi connectivity index (χ0n) is 12.0. The molecule has 1 aromatic carbocycles. The van der Waals surface area contributed by atoms with Crippen molar-refractivity contribution in [2.75, 3.05) is 6.61 Å². The summed E-state index contributed by atoms with van der Waals surface area (Å²) in [6.45, 7) is 3.44. The Hall–Kier alpha value is -1.80. The van der Waals surface area contributed by atoms with Gasteiger partial charge in [-0.1, -0.05) is 34.1 Å². The van der Waals surface area contributed by atoms with Crippen LogP contribution in [0, 0.1) is 11.8 Å². The first-order valence-electron chi connectivity index (χ1n) is 6.56. The Morgan fingerprint density at radius 1 is 1.38 bits per heavy atom. The summed E-state index contributed by atoms with van der Waals surface area (Å²) in [4.78, 5) is 24.3. The monoisotopic (exact) mass is 352 g/mol. The number of carboxylic acids is 1. The van der Waals surface area contributed by atoms with Crippen LogP contribution in [0.2, 0.25) is 0 Å². The van der Waals surface area contributed by atoms with Crippen LogP contribution in [-0.4, -0.2) is 23.7 Å². The maximum Gasteiger partial charge on any atom is 0.328 e. The van der Waals surface area contributed by atoms with E-state index in [1.807, 2.05) is 0 Å². The van der Waals surface area contributed by atoms with Gasteiger partial charge in [0, 0.05) is 10.9 Å². The Kier molecular flexibility index (Phi) is 6.44. The molecule has 0 radical (unpaired) electrons. The summed E-state index contributed by atoms with van der Waals surface area (Å²) in [5.41, 5.74) is -1.37. The molecule has 0 saturated heterocycles. The van der Waals surface area contributed by atoms with Crippen LogP contribution in [0.5, 0.6) is 0 Å². The van der Waals surface area contributed by atoms with Gasteiger partial charge in [0.1, 0.15) is 0 Å². The third-order valence-corrected chi connectivity index (χ3v) is 3.82. The average molecular weight is 353 g/mol. The van der Waals surface area contributed by atoms with Gasteiger partial charge in [-0.15, -0.1) is 11.8 Å². The highest BCUT2D eigenvalue weighted by molar-refractivity contribution is 9.10. The van der Waals surface area contributed by atoms with Gasteiger partial charge in [-0.05, 0) is 31.9 Å². The highest BCUT2D eigenvalue weighted by Crippen LogP contribution is 2.36. The lowest BCUT2D eigenvalue weighted by Crippen LogP contribution is -2.45. The molecule has 1 rings (SSSR count). The Balaban J connectivity index is 3.42. The zero-order chi connectivity index (χ0) is 15.9. The van der Waals surface area contributed by atoms with Crippen molar-refractivity contribution in [3.8, 4) is 11.8 Å². The molecule has 0 saturated carbocycles. The molecule has 0 spiro atoms. The normalized spacial score (nSPS) is 12.7. The molecule has 1 atom stereocenters. The van der Waals surface area contributed by atoms with Crippen LogP contribution in [0.15, 0.2) is 28.7 Å². The van der Waals surface area contributed by atoms with Crippen molar-refractivity contribution in [2.24, 2.45) is 0 Å². The van der Waals surface area contributed by atoms with Crippen molar-refractivity contribution in [1.29, 1.82) is 0 Å². The lowest BCUT2D eigenvalue weighted by atomic mass is 9.76. The zero-order valence-corrected chi connectivity index (χ0v) is 13.6. The van der Waals surface area contributed by atoms with Crippen molar-refractivity contribution in [3.63, 3.8) is 0 Å². The number of hydrogen-bond donors (Lipinski definition) is 1. The molecule has 0 heterocycles. The molecule has 1 N–H and O–H groups in total. The number of halogens is 1. The van der Waals surface area contributed by atoms with Crippen LogP contribution in [0.3, 0.4) is 0 Å². The van der Waals surface area contributed by atoms with Crippen LogP contribution in [0.4, 0.5) is 0 Å². The molecular weight excluding hydrogens is 336 g/mol. The van der Waals surface area contributed by atoms with E-state index >= 15 is 0 Å². The van der Waals surface area contributed by atoms with Gasteiger partial charge in [0.25, 0.3) is 0 Å². The first-order valence-corrected chi connectivity index (χ1v) is 7.35. The third-order valence-electron chi connectivity index (χ3n) is 3.12. The Morgan fingerprint density at radius 2 is 2.05 bits per heavy atom. The van der Waals surface area contributed by atoms with Crippen molar-refractivity contribution in [3.05, 3.63) is 34.3 Å². The smallest absolute Gasteiger partial charge is 0.328 e. The molecule has 5 heteroatoms. The Labute approximate surface area is 132 Å². The second kappa shape index (κ2) is 7.84. The second-order valence-corrected chi connectivity index (χ2v) is 5.19. The number of esters is 1. The molecule has 1 unspecified atom stereocenters. The number of aliphatic carboxylic acids is 1. The SMILES string of the molecule is CC#CCCC(C(=O)O)(C(=O)OCC)c1ccccc1Br. The van der Waals surface area contributed by atoms with Gasteiger partial charge in [-0.2, -0.15) is 0 Å². The molecule has 0 aliphatic rings. The largest absolute Gasteiger partial charge is 0.480 e.